The van der Waals surface area contributed by atoms with E-state index in [1.165, 1.54) is 10.3 Å². The molecule has 0 unspecified atom stereocenters. The molecule has 0 bridgehead atoms. The van der Waals surface area contributed by atoms with Crippen LogP contribution in [-0.4, -0.2) is 51.7 Å². The Morgan fingerprint density at radius 1 is 1.12 bits per heavy atom. The smallest absolute Gasteiger partial charge is 0.261 e. The molecule has 5 heterocycles. The van der Waals surface area contributed by atoms with Gasteiger partial charge in [0, 0.05) is 50.7 Å². The van der Waals surface area contributed by atoms with E-state index in [0.29, 0.717) is 29.2 Å². The molecule has 4 aromatic rings. The van der Waals surface area contributed by atoms with Gasteiger partial charge in [-0.1, -0.05) is 12.1 Å². The molecule has 7 rings (SSSR count). The first-order valence-electron chi connectivity index (χ1n) is 13.6. The summed E-state index contributed by atoms with van der Waals surface area (Å²) in [5, 5.41) is 11.4. The topological polar surface area (TPSA) is 106 Å². The number of alkyl halides is 1. The fourth-order valence-electron chi connectivity index (χ4n) is 5.89. The largest absolute Gasteiger partial charge is 0.381 e. The second kappa shape index (κ2) is 9.44. The van der Waals surface area contributed by atoms with Gasteiger partial charge in [0.15, 0.2) is 0 Å². The van der Waals surface area contributed by atoms with Crippen molar-refractivity contribution in [3.05, 3.63) is 58.8 Å². The molecular formula is C29H30FN7O3. The van der Waals surface area contributed by atoms with Gasteiger partial charge >= 0.3 is 0 Å². The van der Waals surface area contributed by atoms with Crippen LogP contribution in [-0.2, 0) is 23.1 Å². The quantitative estimate of drug-likeness (QED) is 0.390. The zero-order chi connectivity index (χ0) is 27.5. The predicted octanol–water partition coefficient (Wildman–Crippen LogP) is 4.14. The van der Waals surface area contributed by atoms with Gasteiger partial charge in [-0.15, -0.1) is 0 Å². The van der Waals surface area contributed by atoms with Crippen molar-refractivity contribution in [2.45, 2.75) is 38.0 Å². The lowest BCUT2D eigenvalue weighted by atomic mass is 9.97. The van der Waals surface area contributed by atoms with Crippen LogP contribution in [0.3, 0.4) is 0 Å². The van der Waals surface area contributed by atoms with Crippen LogP contribution < -0.4 is 21.1 Å². The molecule has 1 aliphatic carbocycles. The molecule has 2 atom stereocenters. The summed E-state index contributed by atoms with van der Waals surface area (Å²) < 4.78 is 22.7. The van der Waals surface area contributed by atoms with Gasteiger partial charge < -0.3 is 24.8 Å². The minimum atomic E-state index is -1.11. The maximum atomic E-state index is 13.5. The summed E-state index contributed by atoms with van der Waals surface area (Å²) in [4.78, 5) is 32.4. The third-order valence-corrected chi connectivity index (χ3v) is 8.14. The summed E-state index contributed by atoms with van der Waals surface area (Å²) in [5.41, 5.74) is 5.86. The van der Waals surface area contributed by atoms with Crippen LogP contribution in [0.1, 0.15) is 31.0 Å². The average Bonchev–Trinajstić information content (AvgIpc) is 3.54. The molecule has 2 N–H and O–H groups in total. The van der Waals surface area contributed by atoms with Crippen molar-refractivity contribution in [2.24, 2.45) is 13.0 Å². The minimum absolute atomic E-state index is 0.213. The number of hydrogen-bond acceptors (Lipinski definition) is 7. The fourth-order valence-corrected chi connectivity index (χ4v) is 5.89. The normalized spacial score (nSPS) is 20.2. The van der Waals surface area contributed by atoms with Crippen molar-refractivity contribution < 1.29 is 13.9 Å². The van der Waals surface area contributed by atoms with E-state index in [2.05, 4.69) is 31.3 Å². The van der Waals surface area contributed by atoms with Crippen molar-refractivity contribution in [3.8, 4) is 11.1 Å². The van der Waals surface area contributed by atoms with E-state index in [1.807, 2.05) is 25.4 Å². The number of carbonyl (C=O) groups excluding carboxylic acids is 1. The zero-order valence-electron chi connectivity index (χ0n) is 22.4. The van der Waals surface area contributed by atoms with Crippen LogP contribution in [0.4, 0.5) is 27.3 Å². The first-order valence-corrected chi connectivity index (χ1v) is 13.6. The van der Waals surface area contributed by atoms with Gasteiger partial charge in [0.2, 0.25) is 5.91 Å². The number of nitrogens with zero attached hydrogens (tertiary/aromatic N) is 5. The molecule has 1 saturated carbocycles. The second-order valence-electron chi connectivity index (χ2n) is 10.9. The highest BCUT2D eigenvalue weighted by Crippen LogP contribution is 2.45. The third kappa shape index (κ3) is 4.12. The summed E-state index contributed by atoms with van der Waals surface area (Å²) in [6.07, 6.45) is 4.59. The molecule has 40 heavy (non-hydrogen) atoms. The number of pyridine rings is 2. The van der Waals surface area contributed by atoms with E-state index < -0.39 is 18.0 Å². The lowest BCUT2D eigenvalue weighted by Crippen LogP contribution is -2.28. The van der Waals surface area contributed by atoms with Gasteiger partial charge in [0.25, 0.3) is 5.56 Å². The number of rotatable bonds is 5. The van der Waals surface area contributed by atoms with Gasteiger partial charge in [-0.25, -0.2) is 9.37 Å². The Morgan fingerprint density at radius 2 is 1.93 bits per heavy atom. The van der Waals surface area contributed by atoms with Crippen LogP contribution in [0.5, 0.6) is 0 Å². The number of fused-ring (bicyclic) bond motifs is 4. The number of amides is 1. The molecule has 2 aliphatic heterocycles. The maximum Gasteiger partial charge on any atom is 0.261 e. The van der Waals surface area contributed by atoms with Crippen LogP contribution in [0.25, 0.3) is 22.0 Å². The first kappa shape index (κ1) is 24.8. The number of aromatic nitrogens is 4. The summed E-state index contributed by atoms with van der Waals surface area (Å²) in [5.74, 6) is -0.783. The Morgan fingerprint density at radius 3 is 2.70 bits per heavy atom. The Bertz CT molecular complexity index is 1710. The molecular weight excluding hydrogens is 513 g/mol. The average molecular weight is 544 g/mol. The van der Waals surface area contributed by atoms with E-state index in [1.54, 1.807) is 25.4 Å². The van der Waals surface area contributed by atoms with Crippen LogP contribution >= 0.6 is 0 Å². The molecule has 1 amide bonds. The zero-order valence-corrected chi connectivity index (χ0v) is 22.4. The number of nitrogens with one attached hydrogen (secondary N) is 2. The molecule has 3 aliphatic rings. The minimum Gasteiger partial charge on any atom is -0.381 e. The molecule has 2 fully saturated rings. The molecule has 0 radical (unpaired) electrons. The first-order chi connectivity index (χ1) is 19.4. The van der Waals surface area contributed by atoms with Crippen molar-refractivity contribution >= 4 is 39.7 Å². The van der Waals surface area contributed by atoms with E-state index in [4.69, 9.17) is 9.84 Å². The van der Waals surface area contributed by atoms with Gasteiger partial charge in [-0.3, -0.25) is 14.3 Å². The highest BCUT2D eigenvalue weighted by Gasteiger charge is 2.43. The van der Waals surface area contributed by atoms with E-state index in [9.17, 15) is 14.0 Å². The number of aryl methyl sites for hydroxylation is 1. The highest BCUT2D eigenvalue weighted by atomic mass is 19.1. The second-order valence-corrected chi connectivity index (χ2v) is 10.9. The Labute approximate surface area is 229 Å². The molecule has 206 valence electrons. The van der Waals surface area contributed by atoms with E-state index in [-0.39, 0.29) is 17.8 Å². The number of ether oxygens (including phenoxy) is 1. The summed E-state index contributed by atoms with van der Waals surface area (Å²) in [6.45, 7) is 2.18. The fraction of sp³-hybridized carbons (Fsp3) is 0.379. The van der Waals surface area contributed by atoms with Crippen molar-refractivity contribution in [1.82, 2.24) is 19.3 Å². The number of benzene rings is 1. The summed E-state index contributed by atoms with van der Waals surface area (Å²) in [6, 6.07) is 9.74. The molecule has 1 saturated heterocycles. The molecule has 0 spiro atoms. The number of hydrogen-bond donors (Lipinski definition) is 2. The van der Waals surface area contributed by atoms with Crippen LogP contribution in [0, 0.1) is 5.92 Å². The van der Waals surface area contributed by atoms with Gasteiger partial charge in [0.05, 0.1) is 58.4 Å². The number of halogens is 1. The van der Waals surface area contributed by atoms with E-state index in [0.717, 1.165) is 48.6 Å². The molecule has 11 heteroatoms. The van der Waals surface area contributed by atoms with Crippen molar-refractivity contribution in [2.75, 3.05) is 35.8 Å². The predicted molar refractivity (Wildman–Crippen MR) is 151 cm³/mol. The van der Waals surface area contributed by atoms with Gasteiger partial charge in [-0.05, 0) is 31.4 Å². The van der Waals surface area contributed by atoms with Crippen LogP contribution in [0.2, 0.25) is 0 Å². The highest BCUT2D eigenvalue weighted by molar-refractivity contribution is 6.01. The SMILES string of the molecule is CN1Cc2c(cnn2C2CCOCC2)-c2cccc(Nc3cc(NC(=O)[C@@H]4C[C@@H]4F)nc4ccn(C)c(=O)c34)c21. The van der Waals surface area contributed by atoms with Crippen molar-refractivity contribution in [1.29, 1.82) is 0 Å². The lowest BCUT2D eigenvalue weighted by Gasteiger charge is -2.32. The number of carbonyl (C=O) groups is 1. The number of para-hydroxylation sites is 1. The Balaban J connectivity index is 1.30. The number of anilines is 4. The van der Waals surface area contributed by atoms with Crippen LogP contribution in [0.15, 0.2) is 47.5 Å². The Kier molecular flexibility index (Phi) is 5.85. The summed E-state index contributed by atoms with van der Waals surface area (Å²) in [7, 11) is 3.73. The monoisotopic (exact) mass is 543 g/mol. The maximum absolute atomic E-state index is 13.5. The van der Waals surface area contributed by atoms with E-state index >= 15 is 0 Å². The van der Waals surface area contributed by atoms with Gasteiger partial charge in [-0.2, -0.15) is 5.10 Å². The van der Waals surface area contributed by atoms with Gasteiger partial charge in [0.1, 0.15) is 12.0 Å². The Hall–Kier alpha value is -4.25. The van der Waals surface area contributed by atoms with Crippen molar-refractivity contribution in [3.63, 3.8) is 0 Å². The lowest BCUT2D eigenvalue weighted by molar-refractivity contribution is -0.117. The third-order valence-electron chi connectivity index (χ3n) is 8.14. The molecule has 3 aromatic heterocycles. The molecule has 10 nitrogen and oxygen atoms in total. The standard InChI is InChI=1S/C29H30FN7O3/c1-35-9-6-21-26(29(35)39)23(13-25(33-21)34-28(38)18-12-20(18)30)32-22-5-3-4-17-19-14-31-37(16-7-10-40-11-8-16)24(19)15-36(2)27(17)22/h3-6,9,13-14,16,18,20H,7-8,10-12,15H2,1-2H3,(H2,32,33,34,38)/t18-,20+/m1/s1. The summed E-state index contributed by atoms with van der Waals surface area (Å²) >= 11 is 0. The molecule has 1 aromatic carbocycles.